The van der Waals surface area contributed by atoms with E-state index in [4.69, 9.17) is 4.74 Å². The summed E-state index contributed by atoms with van der Waals surface area (Å²) >= 11 is 0. The van der Waals surface area contributed by atoms with Crippen molar-refractivity contribution in [1.29, 1.82) is 0 Å². The Morgan fingerprint density at radius 1 is 1.03 bits per heavy atom. The number of aromatic nitrogens is 2. The van der Waals surface area contributed by atoms with Gasteiger partial charge in [-0.2, -0.15) is 10.2 Å². The summed E-state index contributed by atoms with van der Waals surface area (Å²) in [6, 6.07) is 18.5. The summed E-state index contributed by atoms with van der Waals surface area (Å²) in [6.45, 7) is 1.81. The summed E-state index contributed by atoms with van der Waals surface area (Å²) < 4.78 is 5.25. The number of amides is 1. The van der Waals surface area contributed by atoms with Gasteiger partial charge in [0.1, 0.15) is 5.75 Å². The molecule has 0 atom stereocenters. The van der Waals surface area contributed by atoms with E-state index in [9.17, 15) is 9.59 Å². The highest BCUT2D eigenvalue weighted by Gasteiger charge is 2.13. The van der Waals surface area contributed by atoms with Crippen LogP contribution in [-0.4, -0.2) is 28.9 Å². The summed E-state index contributed by atoms with van der Waals surface area (Å²) in [5.41, 5.74) is 3.81. The summed E-state index contributed by atoms with van der Waals surface area (Å²) in [5.74, 6) is 0.297. The lowest BCUT2D eigenvalue weighted by molar-refractivity contribution is 0.0950. The predicted molar refractivity (Wildman–Crippen MR) is 113 cm³/mol. The van der Waals surface area contributed by atoms with Gasteiger partial charge in [0.25, 0.3) is 11.5 Å². The van der Waals surface area contributed by atoms with Gasteiger partial charge < -0.3 is 4.74 Å². The molecule has 0 aliphatic carbocycles. The molecule has 0 aliphatic rings. The maximum Gasteiger partial charge on any atom is 0.292 e. The van der Waals surface area contributed by atoms with Crippen LogP contribution in [0.25, 0.3) is 21.5 Å². The average Bonchev–Trinajstić information content (AvgIpc) is 2.77. The number of nitrogens with zero attached hydrogens (tertiary/aromatic N) is 2. The molecule has 7 nitrogen and oxygen atoms in total. The molecule has 4 rings (SSSR count). The number of hydrazone groups is 1. The van der Waals surface area contributed by atoms with E-state index in [1.807, 2.05) is 43.3 Å². The Hall–Kier alpha value is -4.00. The Labute approximate surface area is 166 Å². The number of carbonyl (C=O) groups excluding carboxylic acids is 1. The minimum absolute atomic E-state index is 0.113. The van der Waals surface area contributed by atoms with Crippen LogP contribution < -0.4 is 15.7 Å². The number of rotatable bonds is 4. The number of carbonyl (C=O) groups is 1. The van der Waals surface area contributed by atoms with E-state index in [0.29, 0.717) is 16.5 Å². The van der Waals surface area contributed by atoms with E-state index in [1.54, 1.807) is 31.4 Å². The highest BCUT2D eigenvalue weighted by molar-refractivity contribution is 6.06. The first-order chi connectivity index (χ1) is 14.1. The lowest BCUT2D eigenvalue weighted by Gasteiger charge is -2.07. The number of aromatic amines is 1. The Bertz CT molecular complexity index is 1320. The lowest BCUT2D eigenvalue weighted by atomic mass is 10.0. The zero-order chi connectivity index (χ0) is 20.4. The predicted octanol–water partition coefficient (Wildman–Crippen LogP) is 3.24. The molecule has 0 bridgehead atoms. The Kier molecular flexibility index (Phi) is 4.78. The first-order valence-electron chi connectivity index (χ1n) is 8.97. The van der Waals surface area contributed by atoms with Crippen LogP contribution in [0.2, 0.25) is 0 Å². The van der Waals surface area contributed by atoms with Gasteiger partial charge in [-0.3, -0.25) is 9.59 Å². The van der Waals surface area contributed by atoms with Crippen molar-refractivity contribution in [3.05, 3.63) is 82.3 Å². The maximum absolute atomic E-state index is 12.6. The molecule has 1 aromatic heterocycles. The second-order valence-corrected chi connectivity index (χ2v) is 6.51. The topological polar surface area (TPSA) is 96.4 Å². The van der Waals surface area contributed by atoms with Crippen LogP contribution in [0, 0.1) is 0 Å². The minimum atomic E-state index is -0.498. The number of fused-ring (bicyclic) bond motifs is 2. The average molecular weight is 386 g/mol. The number of H-pyrrole nitrogens is 1. The van der Waals surface area contributed by atoms with Crippen molar-refractivity contribution in [2.45, 2.75) is 6.92 Å². The molecule has 29 heavy (non-hydrogen) atoms. The van der Waals surface area contributed by atoms with Crippen LogP contribution in [0.1, 0.15) is 23.0 Å². The molecule has 1 amide bonds. The standard InChI is InChI=1S/C22H18N4O3/c1-13(14-7-8-16-12-17(29-2)10-9-15(16)11-14)23-26-22(28)20-18-5-3-4-6-19(18)21(27)25-24-20/h3-12H,1-2H3,(H,25,27)(H,26,28)/b23-13-. The van der Waals surface area contributed by atoms with Crippen molar-refractivity contribution < 1.29 is 9.53 Å². The zero-order valence-corrected chi connectivity index (χ0v) is 15.9. The third-order valence-electron chi connectivity index (χ3n) is 4.70. The zero-order valence-electron chi connectivity index (χ0n) is 15.9. The van der Waals surface area contributed by atoms with Crippen molar-refractivity contribution in [2.24, 2.45) is 5.10 Å². The van der Waals surface area contributed by atoms with Gasteiger partial charge in [0.05, 0.1) is 18.2 Å². The van der Waals surface area contributed by atoms with E-state index < -0.39 is 5.91 Å². The van der Waals surface area contributed by atoms with E-state index >= 15 is 0 Å². The molecule has 144 valence electrons. The van der Waals surface area contributed by atoms with Crippen molar-refractivity contribution in [3.8, 4) is 5.75 Å². The number of hydrogen-bond acceptors (Lipinski definition) is 5. The van der Waals surface area contributed by atoms with E-state index in [2.05, 4.69) is 20.7 Å². The van der Waals surface area contributed by atoms with E-state index in [-0.39, 0.29) is 11.3 Å². The summed E-state index contributed by atoms with van der Waals surface area (Å²) in [5, 5.41) is 13.4. The number of hydrogen-bond donors (Lipinski definition) is 2. The summed E-state index contributed by atoms with van der Waals surface area (Å²) in [6.07, 6.45) is 0. The molecule has 0 fully saturated rings. The van der Waals surface area contributed by atoms with E-state index in [1.165, 1.54) is 0 Å². The number of nitrogens with one attached hydrogen (secondary N) is 2. The molecule has 0 saturated heterocycles. The summed E-state index contributed by atoms with van der Waals surface area (Å²) in [7, 11) is 1.63. The third kappa shape index (κ3) is 3.58. The van der Waals surface area contributed by atoms with Gasteiger partial charge in [-0.25, -0.2) is 10.5 Å². The second kappa shape index (κ2) is 7.55. The first kappa shape index (κ1) is 18.4. The van der Waals surface area contributed by atoms with Crippen LogP contribution in [0.3, 0.4) is 0 Å². The van der Waals surface area contributed by atoms with Crippen molar-refractivity contribution in [3.63, 3.8) is 0 Å². The summed E-state index contributed by atoms with van der Waals surface area (Å²) in [4.78, 5) is 24.4. The highest BCUT2D eigenvalue weighted by atomic mass is 16.5. The van der Waals surface area contributed by atoms with Crippen LogP contribution in [-0.2, 0) is 0 Å². The molecular formula is C22H18N4O3. The molecule has 0 spiro atoms. The normalized spacial score (nSPS) is 11.6. The van der Waals surface area contributed by atoms with Crippen LogP contribution in [0.4, 0.5) is 0 Å². The minimum Gasteiger partial charge on any atom is -0.497 e. The molecule has 0 saturated carbocycles. The smallest absolute Gasteiger partial charge is 0.292 e. The highest BCUT2D eigenvalue weighted by Crippen LogP contribution is 2.22. The fourth-order valence-corrected chi connectivity index (χ4v) is 3.12. The monoisotopic (exact) mass is 386 g/mol. The van der Waals surface area contributed by atoms with Gasteiger partial charge in [0, 0.05) is 5.39 Å². The van der Waals surface area contributed by atoms with Crippen molar-refractivity contribution in [1.82, 2.24) is 15.6 Å². The molecule has 3 aromatic carbocycles. The fraction of sp³-hybridized carbons (Fsp3) is 0.0909. The van der Waals surface area contributed by atoms with Gasteiger partial charge in [0.15, 0.2) is 5.69 Å². The molecule has 0 unspecified atom stereocenters. The largest absolute Gasteiger partial charge is 0.497 e. The molecule has 0 aliphatic heterocycles. The van der Waals surface area contributed by atoms with Crippen LogP contribution in [0.5, 0.6) is 5.75 Å². The van der Waals surface area contributed by atoms with Crippen LogP contribution in [0.15, 0.2) is 70.6 Å². The lowest BCUT2D eigenvalue weighted by Crippen LogP contribution is -2.23. The molecule has 2 N–H and O–H groups in total. The molecule has 0 radical (unpaired) electrons. The molecule has 1 heterocycles. The quantitative estimate of drug-likeness (QED) is 0.416. The Morgan fingerprint density at radius 2 is 1.76 bits per heavy atom. The van der Waals surface area contributed by atoms with Gasteiger partial charge in [-0.1, -0.05) is 36.4 Å². The molecule has 7 heteroatoms. The Balaban J connectivity index is 1.60. The maximum atomic E-state index is 12.6. The van der Waals surface area contributed by atoms with Gasteiger partial charge >= 0.3 is 0 Å². The van der Waals surface area contributed by atoms with Gasteiger partial charge in [-0.15, -0.1) is 0 Å². The Morgan fingerprint density at radius 3 is 2.55 bits per heavy atom. The van der Waals surface area contributed by atoms with E-state index in [0.717, 1.165) is 22.1 Å². The fourth-order valence-electron chi connectivity index (χ4n) is 3.12. The van der Waals surface area contributed by atoms with Crippen molar-refractivity contribution in [2.75, 3.05) is 7.11 Å². The second-order valence-electron chi connectivity index (χ2n) is 6.51. The number of methoxy groups -OCH3 is 1. The molecule has 4 aromatic rings. The van der Waals surface area contributed by atoms with Crippen LogP contribution >= 0.6 is 0 Å². The first-order valence-corrected chi connectivity index (χ1v) is 8.97. The molecular weight excluding hydrogens is 368 g/mol. The van der Waals surface area contributed by atoms with Gasteiger partial charge in [0.2, 0.25) is 0 Å². The SMILES string of the molecule is COc1ccc2cc(/C(C)=N\NC(=O)c3n[nH]c(=O)c4ccccc34)ccc2c1. The number of ether oxygens (including phenoxy) is 1. The third-order valence-corrected chi connectivity index (χ3v) is 4.70. The van der Waals surface area contributed by atoms with Gasteiger partial charge in [-0.05, 0) is 47.5 Å². The van der Waals surface area contributed by atoms with Crippen molar-refractivity contribution >= 4 is 33.2 Å². The number of benzene rings is 3.